The quantitative estimate of drug-likeness (QED) is 0.942. The van der Waals surface area contributed by atoms with Crippen molar-refractivity contribution in [2.75, 3.05) is 12.4 Å². The molecular formula is C17H18N2O2S. The second-order valence-electron chi connectivity index (χ2n) is 5.72. The first-order valence-corrected chi connectivity index (χ1v) is 8.15. The predicted molar refractivity (Wildman–Crippen MR) is 88.0 cm³/mol. The first-order chi connectivity index (χ1) is 10.5. The lowest BCUT2D eigenvalue weighted by Gasteiger charge is -2.18. The van der Waals surface area contributed by atoms with E-state index in [0.29, 0.717) is 6.54 Å². The molecule has 0 radical (unpaired) electrons. The third-order valence-corrected chi connectivity index (χ3v) is 4.69. The van der Waals surface area contributed by atoms with Crippen molar-refractivity contribution in [1.29, 1.82) is 0 Å². The number of aryl methyl sites for hydroxylation is 1. The number of hydrogen-bond donors (Lipinski definition) is 1. The van der Waals surface area contributed by atoms with Crippen LogP contribution in [0.3, 0.4) is 0 Å². The van der Waals surface area contributed by atoms with E-state index < -0.39 is 0 Å². The SMILES string of the molecule is Cc1ccc2c(c1)NC(=O)[C@H]2CC(=O)N(C)Cc1ccsc1. The van der Waals surface area contributed by atoms with Crippen LogP contribution in [0.2, 0.25) is 0 Å². The molecule has 2 amide bonds. The maximum atomic E-state index is 12.4. The molecule has 0 bridgehead atoms. The van der Waals surface area contributed by atoms with Gasteiger partial charge in [-0.3, -0.25) is 9.59 Å². The van der Waals surface area contributed by atoms with Gasteiger partial charge in [-0.25, -0.2) is 0 Å². The lowest BCUT2D eigenvalue weighted by molar-refractivity contribution is -0.132. The van der Waals surface area contributed by atoms with Gasteiger partial charge in [-0.1, -0.05) is 12.1 Å². The summed E-state index contributed by atoms with van der Waals surface area (Å²) in [6.45, 7) is 2.57. The molecule has 1 aromatic carbocycles. The Bertz CT molecular complexity index is 709. The van der Waals surface area contributed by atoms with Crippen LogP contribution in [0, 0.1) is 6.92 Å². The largest absolute Gasteiger partial charge is 0.341 e. The van der Waals surface area contributed by atoms with Crippen molar-refractivity contribution < 1.29 is 9.59 Å². The van der Waals surface area contributed by atoms with Gasteiger partial charge < -0.3 is 10.2 Å². The number of benzene rings is 1. The van der Waals surface area contributed by atoms with Crippen molar-refractivity contribution in [3.63, 3.8) is 0 Å². The normalized spacial score (nSPS) is 16.3. The molecule has 1 aliphatic heterocycles. The zero-order valence-electron chi connectivity index (χ0n) is 12.6. The van der Waals surface area contributed by atoms with Crippen molar-refractivity contribution in [1.82, 2.24) is 4.90 Å². The number of carbonyl (C=O) groups is 2. The smallest absolute Gasteiger partial charge is 0.232 e. The minimum Gasteiger partial charge on any atom is -0.341 e. The summed E-state index contributed by atoms with van der Waals surface area (Å²) in [5.41, 5.74) is 3.98. The second-order valence-corrected chi connectivity index (χ2v) is 6.50. The Morgan fingerprint density at radius 3 is 2.91 bits per heavy atom. The van der Waals surface area contributed by atoms with Crippen LogP contribution in [0.4, 0.5) is 5.69 Å². The first kappa shape index (κ1) is 14.8. The Morgan fingerprint density at radius 1 is 1.36 bits per heavy atom. The number of nitrogens with zero attached hydrogens (tertiary/aromatic N) is 1. The van der Waals surface area contributed by atoms with E-state index in [-0.39, 0.29) is 24.2 Å². The molecule has 5 heteroatoms. The number of hydrogen-bond acceptors (Lipinski definition) is 3. The highest BCUT2D eigenvalue weighted by molar-refractivity contribution is 7.07. The molecule has 1 atom stereocenters. The number of carbonyl (C=O) groups excluding carboxylic acids is 2. The number of fused-ring (bicyclic) bond motifs is 1. The van der Waals surface area contributed by atoms with E-state index in [1.807, 2.05) is 41.9 Å². The van der Waals surface area contributed by atoms with E-state index in [4.69, 9.17) is 0 Å². The summed E-state index contributed by atoms with van der Waals surface area (Å²) in [5.74, 6) is -0.481. The third-order valence-electron chi connectivity index (χ3n) is 3.96. The van der Waals surface area contributed by atoms with Crippen molar-refractivity contribution in [2.24, 2.45) is 0 Å². The first-order valence-electron chi connectivity index (χ1n) is 7.21. The van der Waals surface area contributed by atoms with Crippen LogP contribution >= 0.6 is 11.3 Å². The Hall–Kier alpha value is -2.14. The van der Waals surface area contributed by atoms with Gasteiger partial charge in [0.05, 0.1) is 5.92 Å². The van der Waals surface area contributed by atoms with E-state index in [1.54, 1.807) is 23.3 Å². The monoisotopic (exact) mass is 314 g/mol. The molecule has 1 aliphatic rings. The molecule has 0 aliphatic carbocycles. The summed E-state index contributed by atoms with van der Waals surface area (Å²) in [6, 6.07) is 7.88. The topological polar surface area (TPSA) is 49.4 Å². The molecule has 4 nitrogen and oxygen atoms in total. The molecule has 1 N–H and O–H groups in total. The van der Waals surface area contributed by atoms with Gasteiger partial charge >= 0.3 is 0 Å². The maximum Gasteiger partial charge on any atom is 0.232 e. The Labute approximate surface area is 133 Å². The highest BCUT2D eigenvalue weighted by Crippen LogP contribution is 2.35. The lowest BCUT2D eigenvalue weighted by Crippen LogP contribution is -2.29. The Kier molecular flexibility index (Phi) is 3.98. The van der Waals surface area contributed by atoms with Crippen LogP contribution < -0.4 is 5.32 Å². The molecule has 1 aromatic heterocycles. The summed E-state index contributed by atoms with van der Waals surface area (Å²) >= 11 is 1.62. The highest BCUT2D eigenvalue weighted by atomic mass is 32.1. The molecule has 0 unspecified atom stereocenters. The molecule has 0 fully saturated rings. The van der Waals surface area contributed by atoms with Crippen molar-refractivity contribution >= 4 is 28.8 Å². The molecule has 2 aromatic rings. The van der Waals surface area contributed by atoms with E-state index in [9.17, 15) is 9.59 Å². The van der Waals surface area contributed by atoms with Gasteiger partial charge in [0.25, 0.3) is 0 Å². The number of thiophene rings is 1. The Morgan fingerprint density at radius 2 is 2.18 bits per heavy atom. The Balaban J connectivity index is 1.70. The summed E-state index contributed by atoms with van der Waals surface area (Å²) in [4.78, 5) is 26.2. The molecule has 0 spiro atoms. The van der Waals surface area contributed by atoms with Crippen molar-refractivity contribution in [2.45, 2.75) is 25.8 Å². The summed E-state index contributed by atoms with van der Waals surface area (Å²) < 4.78 is 0. The summed E-state index contributed by atoms with van der Waals surface area (Å²) in [6.07, 6.45) is 0.211. The number of anilines is 1. The highest BCUT2D eigenvalue weighted by Gasteiger charge is 2.32. The fourth-order valence-electron chi connectivity index (χ4n) is 2.72. The van der Waals surface area contributed by atoms with Gasteiger partial charge in [0.15, 0.2) is 0 Å². The van der Waals surface area contributed by atoms with Crippen molar-refractivity contribution in [3.8, 4) is 0 Å². The van der Waals surface area contributed by atoms with Crippen LogP contribution in [0.1, 0.15) is 29.0 Å². The fourth-order valence-corrected chi connectivity index (χ4v) is 3.38. The minimum absolute atomic E-state index is 0.0141. The van der Waals surface area contributed by atoms with Gasteiger partial charge in [0.2, 0.25) is 11.8 Å². The minimum atomic E-state index is -0.381. The summed E-state index contributed by atoms with van der Waals surface area (Å²) in [5, 5.41) is 6.90. The zero-order chi connectivity index (χ0) is 15.7. The van der Waals surface area contributed by atoms with E-state index in [1.165, 1.54) is 0 Å². The molecule has 114 valence electrons. The fraction of sp³-hybridized carbons (Fsp3) is 0.294. The lowest BCUT2D eigenvalue weighted by atomic mass is 9.96. The van der Waals surface area contributed by atoms with E-state index in [0.717, 1.165) is 22.4 Å². The summed E-state index contributed by atoms with van der Waals surface area (Å²) in [7, 11) is 1.78. The second kappa shape index (κ2) is 5.93. The molecular weight excluding hydrogens is 296 g/mol. The number of rotatable bonds is 4. The zero-order valence-corrected chi connectivity index (χ0v) is 13.4. The van der Waals surface area contributed by atoms with E-state index in [2.05, 4.69) is 5.32 Å². The maximum absolute atomic E-state index is 12.4. The van der Waals surface area contributed by atoms with Gasteiger partial charge in [-0.15, -0.1) is 0 Å². The number of amides is 2. The standard InChI is InChI=1S/C17H18N2O2S/c1-11-3-4-13-14(17(21)18-15(13)7-11)8-16(20)19(2)9-12-5-6-22-10-12/h3-7,10,14H,8-9H2,1-2H3,(H,18,21)/t14-/m0/s1. The van der Waals surface area contributed by atoms with E-state index >= 15 is 0 Å². The van der Waals surface area contributed by atoms with Gasteiger partial charge in [0, 0.05) is 25.7 Å². The van der Waals surface area contributed by atoms with Gasteiger partial charge in [-0.05, 0) is 46.5 Å². The number of nitrogens with one attached hydrogen (secondary N) is 1. The van der Waals surface area contributed by atoms with Crippen LogP contribution in [0.5, 0.6) is 0 Å². The molecule has 2 heterocycles. The molecule has 22 heavy (non-hydrogen) atoms. The third kappa shape index (κ3) is 2.90. The average molecular weight is 314 g/mol. The van der Waals surface area contributed by atoms with Crippen LogP contribution in [0.25, 0.3) is 0 Å². The van der Waals surface area contributed by atoms with Gasteiger partial charge in [-0.2, -0.15) is 11.3 Å². The average Bonchev–Trinajstić information content (AvgIpc) is 3.07. The van der Waals surface area contributed by atoms with Crippen LogP contribution in [-0.4, -0.2) is 23.8 Å². The predicted octanol–water partition coefficient (Wildman–Crippen LogP) is 3.14. The molecule has 0 saturated carbocycles. The van der Waals surface area contributed by atoms with Gasteiger partial charge in [0.1, 0.15) is 0 Å². The van der Waals surface area contributed by atoms with Crippen LogP contribution in [0.15, 0.2) is 35.0 Å². The molecule has 0 saturated heterocycles. The molecule has 3 rings (SSSR count). The van der Waals surface area contributed by atoms with Crippen LogP contribution in [-0.2, 0) is 16.1 Å². The van der Waals surface area contributed by atoms with Crippen molar-refractivity contribution in [3.05, 3.63) is 51.7 Å².